The summed E-state index contributed by atoms with van der Waals surface area (Å²) in [4.78, 5) is 11.1. The topological polar surface area (TPSA) is 69.7 Å². The van der Waals surface area contributed by atoms with Gasteiger partial charge in [0.15, 0.2) is 0 Å². The second kappa shape index (κ2) is 7.22. The molecule has 1 aromatic carbocycles. The number of hydrogen-bond acceptors (Lipinski definition) is 5. The Morgan fingerprint density at radius 3 is 2.15 bits per heavy atom. The van der Waals surface area contributed by atoms with Gasteiger partial charge in [-0.1, -0.05) is 9.95 Å². The van der Waals surface area contributed by atoms with E-state index in [1.54, 1.807) is 0 Å². The monoisotopic (exact) mass is 340 g/mol. The zero-order chi connectivity index (χ0) is 14.8. The number of rotatable bonds is 4. The Bertz CT molecular complexity index is 603. The normalized spacial score (nSPS) is 11.4. The fourth-order valence-corrected chi connectivity index (χ4v) is 1.54. The van der Waals surface area contributed by atoms with Crippen LogP contribution in [0.2, 0.25) is 0 Å². The second-order valence-corrected chi connectivity index (χ2v) is 4.29. The predicted octanol–water partition coefficient (Wildman–Crippen LogP) is -1.88. The molecule has 0 fully saturated rings. The summed E-state index contributed by atoms with van der Waals surface area (Å²) in [6.45, 7) is -5.53. The van der Waals surface area contributed by atoms with Crippen molar-refractivity contribution in [3.63, 3.8) is 0 Å². The number of halogens is 4. The van der Waals surface area contributed by atoms with Crippen LogP contribution in [0.15, 0.2) is 18.2 Å². The molecule has 20 heavy (non-hydrogen) atoms. The quantitative estimate of drug-likeness (QED) is 0.278. The van der Waals surface area contributed by atoms with E-state index in [0.717, 1.165) is 7.11 Å². The molecule has 0 spiro atoms. The number of esters is 1. The molecule has 0 saturated heterocycles. The summed E-state index contributed by atoms with van der Waals surface area (Å²) < 4.78 is 78.3. The van der Waals surface area contributed by atoms with Gasteiger partial charge >= 0.3 is 74.8 Å². The van der Waals surface area contributed by atoms with E-state index in [2.05, 4.69) is 8.92 Å². The minimum absolute atomic E-state index is 0. The summed E-state index contributed by atoms with van der Waals surface area (Å²) in [5, 5.41) is 0. The van der Waals surface area contributed by atoms with Crippen molar-refractivity contribution in [3.05, 3.63) is 23.8 Å². The molecule has 106 valence electrons. The largest absolute Gasteiger partial charge is 1.00 e. The summed E-state index contributed by atoms with van der Waals surface area (Å²) in [7, 11) is -4.58. The second-order valence-electron chi connectivity index (χ2n) is 3.33. The van der Waals surface area contributed by atoms with Crippen molar-refractivity contribution in [2.75, 3.05) is 7.11 Å². The minimum atomic E-state index is -5.53. The third-order valence-corrected chi connectivity index (χ3v) is 2.32. The maximum atomic E-state index is 12.6. The van der Waals surface area contributed by atoms with Gasteiger partial charge in [-0.3, -0.25) is 0 Å². The van der Waals surface area contributed by atoms with Crippen molar-refractivity contribution in [1.29, 1.82) is 0 Å². The molecular formula is C8H6BF4KO5S. The molecule has 1 rings (SSSR count). The number of benzene rings is 1. The summed E-state index contributed by atoms with van der Waals surface area (Å²) in [6, 6.07) is 1.33. The molecule has 0 aromatic heterocycles. The van der Waals surface area contributed by atoms with E-state index in [4.69, 9.17) is 0 Å². The molecule has 0 bridgehead atoms. The van der Waals surface area contributed by atoms with Crippen LogP contribution >= 0.6 is 0 Å². The number of methoxy groups -OCH3 is 1. The third kappa shape index (κ3) is 6.10. The van der Waals surface area contributed by atoms with E-state index >= 15 is 0 Å². The summed E-state index contributed by atoms with van der Waals surface area (Å²) in [5.41, 5.74) is -1.93. The van der Waals surface area contributed by atoms with Gasteiger partial charge in [-0.2, -0.15) is 8.42 Å². The van der Waals surface area contributed by atoms with Crippen molar-refractivity contribution < 1.29 is 90.3 Å². The van der Waals surface area contributed by atoms with Crippen LogP contribution in [-0.4, -0.2) is 28.5 Å². The first-order chi connectivity index (χ1) is 8.53. The molecule has 1 aromatic rings. The van der Waals surface area contributed by atoms with Gasteiger partial charge in [0.05, 0.1) is 12.7 Å². The minimum Gasteiger partial charge on any atom is -0.465 e. The van der Waals surface area contributed by atoms with Gasteiger partial charge in [0, 0.05) is 0 Å². The van der Waals surface area contributed by atoms with Gasteiger partial charge in [-0.15, -0.1) is 5.46 Å². The molecule has 5 nitrogen and oxygen atoms in total. The Morgan fingerprint density at radius 2 is 1.75 bits per heavy atom. The number of carbonyl (C=O) groups excluding carboxylic acids is 1. The molecule has 0 heterocycles. The average Bonchev–Trinajstić information content (AvgIpc) is 2.24. The zero-order valence-electron chi connectivity index (χ0n) is 10.3. The fourth-order valence-electron chi connectivity index (χ4n) is 1.21. The molecule has 0 atom stereocenters. The summed E-state index contributed by atoms with van der Waals surface area (Å²) >= 11 is 0. The average molecular weight is 340 g/mol. The van der Waals surface area contributed by atoms with Crippen LogP contribution in [-0.2, 0) is 15.2 Å². The van der Waals surface area contributed by atoms with Crippen molar-refractivity contribution in [2.24, 2.45) is 0 Å². The molecule has 0 amide bonds. The SMILES string of the molecule is COC(=O)c1cc(OS(=O)(=O)F)cc([B-](F)(F)F)c1.[K+]. The molecule has 0 saturated carbocycles. The van der Waals surface area contributed by atoms with Gasteiger partial charge in [-0.05, 0) is 12.1 Å². The zero-order valence-corrected chi connectivity index (χ0v) is 14.2. The smallest absolute Gasteiger partial charge is 0.465 e. The molecular weight excluding hydrogens is 334 g/mol. The molecule has 0 radical (unpaired) electrons. The van der Waals surface area contributed by atoms with Gasteiger partial charge in [0.1, 0.15) is 5.75 Å². The first-order valence-corrected chi connectivity index (χ1v) is 5.91. The first-order valence-electron chi connectivity index (χ1n) is 4.60. The van der Waals surface area contributed by atoms with Gasteiger partial charge in [-0.25, -0.2) is 4.79 Å². The molecule has 0 aliphatic heterocycles. The van der Waals surface area contributed by atoms with Crippen LogP contribution in [0.25, 0.3) is 0 Å². The Balaban J connectivity index is 0.00000361. The summed E-state index contributed by atoms with van der Waals surface area (Å²) in [5.74, 6) is -2.12. The molecule has 0 unspecified atom stereocenters. The van der Waals surface area contributed by atoms with Crippen LogP contribution < -0.4 is 61.0 Å². The van der Waals surface area contributed by atoms with Crippen molar-refractivity contribution in [1.82, 2.24) is 0 Å². The van der Waals surface area contributed by atoms with Crippen molar-refractivity contribution in [2.45, 2.75) is 0 Å². The fraction of sp³-hybridized carbons (Fsp3) is 0.125. The maximum absolute atomic E-state index is 12.6. The van der Waals surface area contributed by atoms with E-state index in [9.17, 15) is 30.0 Å². The molecule has 0 aliphatic rings. The maximum Gasteiger partial charge on any atom is 1.00 e. The Labute approximate surface area is 154 Å². The Morgan fingerprint density at radius 1 is 1.20 bits per heavy atom. The van der Waals surface area contributed by atoms with E-state index in [1.165, 1.54) is 0 Å². The van der Waals surface area contributed by atoms with Gasteiger partial charge < -0.3 is 21.9 Å². The Kier molecular flexibility index (Phi) is 7.17. The first kappa shape index (κ1) is 19.9. The third-order valence-electron chi connectivity index (χ3n) is 1.92. The van der Waals surface area contributed by atoms with Crippen LogP contribution in [0, 0.1) is 0 Å². The number of ether oxygens (including phenoxy) is 1. The van der Waals surface area contributed by atoms with Gasteiger partial charge in [0.2, 0.25) is 0 Å². The predicted molar refractivity (Wildman–Crippen MR) is 57.1 cm³/mol. The number of hydrogen-bond donors (Lipinski definition) is 0. The molecule has 0 aliphatic carbocycles. The van der Waals surface area contributed by atoms with Crippen LogP contribution in [0.4, 0.5) is 16.8 Å². The van der Waals surface area contributed by atoms with Crippen LogP contribution in [0.5, 0.6) is 5.75 Å². The standard InChI is InChI=1S/C8H6BF4O5S.K/c1-17-8(14)5-2-6(9(10,11)12)4-7(3-5)18-19(13,15)16;/h2-4H,1H3;/q-1;+1. The van der Waals surface area contributed by atoms with Crippen LogP contribution in [0.3, 0.4) is 0 Å². The van der Waals surface area contributed by atoms with E-state index in [1.807, 2.05) is 0 Å². The number of carbonyl (C=O) groups is 1. The Hall–Kier alpha value is -0.139. The van der Waals surface area contributed by atoms with E-state index < -0.39 is 40.2 Å². The molecule has 0 N–H and O–H groups in total. The van der Waals surface area contributed by atoms with E-state index in [-0.39, 0.29) is 57.5 Å². The van der Waals surface area contributed by atoms with Gasteiger partial charge in [0.25, 0.3) is 0 Å². The van der Waals surface area contributed by atoms with Crippen molar-refractivity contribution in [3.8, 4) is 5.75 Å². The van der Waals surface area contributed by atoms with E-state index in [0.29, 0.717) is 12.1 Å². The summed E-state index contributed by atoms with van der Waals surface area (Å²) in [6.07, 6.45) is 0. The van der Waals surface area contributed by atoms with Crippen molar-refractivity contribution >= 4 is 28.9 Å². The van der Waals surface area contributed by atoms with Crippen LogP contribution in [0.1, 0.15) is 10.4 Å². The molecule has 12 heteroatoms.